The third kappa shape index (κ3) is 8.97. The van der Waals surface area contributed by atoms with Crippen molar-refractivity contribution in [2.24, 2.45) is 0 Å². The van der Waals surface area contributed by atoms with E-state index < -0.39 is 10.0 Å². The number of sulfonamides is 1. The topological polar surface area (TPSA) is 88.6 Å². The van der Waals surface area contributed by atoms with Gasteiger partial charge < -0.3 is 23.9 Å². The highest BCUT2D eigenvalue weighted by atomic mass is 32.2. The molecule has 4 rings (SSSR count). The van der Waals surface area contributed by atoms with Crippen molar-refractivity contribution >= 4 is 23.9 Å². The monoisotopic (exact) mass is 613 g/mol. The number of amides is 1. The molecule has 2 fully saturated rings. The number of carbonyl (C=O) groups is 1. The molecule has 2 aliphatic rings. The van der Waals surface area contributed by atoms with Gasteiger partial charge in [-0.15, -0.1) is 0 Å². The first-order valence-electron chi connectivity index (χ1n) is 15.5. The molecule has 2 atom stereocenters. The van der Waals surface area contributed by atoms with Crippen LogP contribution in [0.15, 0.2) is 48.5 Å². The predicted octanol–water partition coefficient (Wildman–Crippen LogP) is 3.73. The van der Waals surface area contributed by atoms with Gasteiger partial charge >= 0.3 is 0 Å². The Hall–Kier alpha value is -2.60. The molecule has 0 spiro atoms. The Morgan fingerprint density at radius 3 is 2.35 bits per heavy atom. The second kappa shape index (κ2) is 15.4. The minimum absolute atomic E-state index is 0.0177. The number of hydrogen-bond acceptors (Lipinski definition) is 7. The van der Waals surface area contributed by atoms with E-state index in [9.17, 15) is 13.2 Å². The van der Waals surface area contributed by atoms with Crippen LogP contribution >= 0.6 is 0 Å². The van der Waals surface area contributed by atoms with Crippen molar-refractivity contribution < 1.29 is 27.4 Å². The van der Waals surface area contributed by atoms with E-state index in [1.54, 1.807) is 36.7 Å². The SMILES string of the molecule is BN1C[C@H](N(C(=O)c2ccc(OC)c(OCCCOC)c2)C(C)C)CC[C@@H]1CCN(C1CC1)S(=O)(=O)Cc1ccccc1. The van der Waals surface area contributed by atoms with E-state index in [0.29, 0.717) is 36.8 Å². The molecule has 9 nitrogen and oxygen atoms in total. The molecule has 1 saturated heterocycles. The van der Waals surface area contributed by atoms with Crippen LogP contribution in [-0.2, 0) is 20.5 Å². The van der Waals surface area contributed by atoms with Crippen molar-refractivity contribution in [2.75, 3.05) is 40.5 Å². The number of ether oxygens (including phenoxy) is 3. The van der Waals surface area contributed by atoms with Gasteiger partial charge in [0.1, 0.15) is 0 Å². The second-order valence-corrected chi connectivity index (χ2v) is 14.0. The van der Waals surface area contributed by atoms with E-state index >= 15 is 0 Å². The van der Waals surface area contributed by atoms with Crippen molar-refractivity contribution in [2.45, 2.75) is 82.3 Å². The minimum atomic E-state index is -3.39. The molecule has 0 radical (unpaired) electrons. The van der Waals surface area contributed by atoms with Crippen molar-refractivity contribution in [3.8, 4) is 11.5 Å². The van der Waals surface area contributed by atoms with Crippen LogP contribution in [0, 0.1) is 0 Å². The molecule has 0 aromatic heterocycles. The summed E-state index contributed by atoms with van der Waals surface area (Å²) in [5.74, 6) is 1.17. The van der Waals surface area contributed by atoms with Gasteiger partial charge in [0.25, 0.3) is 5.91 Å². The first-order valence-corrected chi connectivity index (χ1v) is 17.1. The molecule has 236 valence electrons. The minimum Gasteiger partial charge on any atom is -0.493 e. The van der Waals surface area contributed by atoms with Gasteiger partial charge in [0, 0.05) is 56.9 Å². The molecule has 2 aromatic carbocycles. The van der Waals surface area contributed by atoms with E-state index in [1.165, 1.54) is 0 Å². The lowest BCUT2D eigenvalue weighted by Gasteiger charge is -2.44. The third-order valence-electron chi connectivity index (χ3n) is 8.49. The zero-order chi connectivity index (χ0) is 31.0. The van der Waals surface area contributed by atoms with E-state index in [-0.39, 0.29) is 35.8 Å². The van der Waals surface area contributed by atoms with E-state index in [4.69, 9.17) is 14.2 Å². The molecular weight excluding hydrogens is 565 g/mol. The Morgan fingerprint density at radius 2 is 1.72 bits per heavy atom. The van der Waals surface area contributed by atoms with Gasteiger partial charge in [0.15, 0.2) is 19.5 Å². The summed E-state index contributed by atoms with van der Waals surface area (Å²) >= 11 is 0. The first-order chi connectivity index (χ1) is 20.6. The molecule has 0 bridgehead atoms. The number of rotatable bonds is 16. The lowest BCUT2D eigenvalue weighted by molar-refractivity contribution is 0.0470. The van der Waals surface area contributed by atoms with Gasteiger partial charge in [-0.3, -0.25) is 4.79 Å². The Labute approximate surface area is 258 Å². The van der Waals surface area contributed by atoms with Gasteiger partial charge in [-0.1, -0.05) is 30.3 Å². The molecule has 2 aromatic rings. The molecule has 1 heterocycles. The van der Waals surface area contributed by atoms with Crippen molar-refractivity contribution in [1.29, 1.82) is 0 Å². The zero-order valence-corrected chi connectivity index (χ0v) is 27.2. The number of piperidine rings is 1. The van der Waals surface area contributed by atoms with Gasteiger partial charge in [0.05, 0.1) is 19.5 Å². The van der Waals surface area contributed by atoms with Gasteiger partial charge in [-0.25, -0.2) is 8.42 Å². The zero-order valence-electron chi connectivity index (χ0n) is 26.4. The maximum atomic E-state index is 13.9. The number of benzene rings is 2. The first kappa shape index (κ1) is 33.3. The number of methoxy groups -OCH3 is 2. The van der Waals surface area contributed by atoms with Crippen molar-refractivity contribution in [3.05, 3.63) is 59.7 Å². The summed E-state index contributed by atoms with van der Waals surface area (Å²) in [4.78, 5) is 18.2. The summed E-state index contributed by atoms with van der Waals surface area (Å²) in [5, 5.41) is 0. The molecule has 0 N–H and O–H groups in total. The standard InChI is InChI=1S/C32H48BN3O6S/c1-24(2)36(32(37)26-11-16-30(41-4)31(21-26)42-20-8-19-40-3)29-15-12-27(34(33)22-29)17-18-35(28-13-14-28)43(38,39)23-25-9-6-5-7-10-25/h5-7,9-11,16,21,24,27-29H,8,12-15,17-20,22-23,33H2,1-4H3/t27-,29-/m1/s1. The van der Waals surface area contributed by atoms with E-state index in [0.717, 1.165) is 50.6 Å². The summed E-state index contributed by atoms with van der Waals surface area (Å²) in [6, 6.07) is 15.3. The van der Waals surface area contributed by atoms with Gasteiger partial charge in [0.2, 0.25) is 10.0 Å². The van der Waals surface area contributed by atoms with Crippen LogP contribution in [0.5, 0.6) is 11.5 Å². The fraction of sp³-hybridized carbons (Fsp3) is 0.594. The van der Waals surface area contributed by atoms with Crippen LogP contribution < -0.4 is 9.47 Å². The summed E-state index contributed by atoms with van der Waals surface area (Å²) < 4.78 is 45.0. The van der Waals surface area contributed by atoms with Crippen LogP contribution in [0.2, 0.25) is 0 Å². The van der Waals surface area contributed by atoms with Gasteiger partial charge in [-0.2, -0.15) is 4.31 Å². The maximum absolute atomic E-state index is 13.9. The largest absolute Gasteiger partial charge is 0.493 e. The van der Waals surface area contributed by atoms with E-state index in [1.807, 2.05) is 35.2 Å². The molecule has 1 saturated carbocycles. The molecule has 1 aliphatic carbocycles. The quantitative estimate of drug-likeness (QED) is 0.211. The summed E-state index contributed by atoms with van der Waals surface area (Å²) in [5.41, 5.74) is 1.40. The molecule has 1 aliphatic heterocycles. The maximum Gasteiger partial charge on any atom is 0.254 e. The van der Waals surface area contributed by atoms with Crippen LogP contribution in [-0.4, -0.2) is 101 Å². The summed E-state index contributed by atoms with van der Waals surface area (Å²) in [7, 11) is 1.96. The van der Waals surface area contributed by atoms with Crippen LogP contribution in [0.1, 0.15) is 68.3 Å². The molecule has 1 amide bonds. The van der Waals surface area contributed by atoms with E-state index in [2.05, 4.69) is 26.6 Å². The Kier molecular flexibility index (Phi) is 11.9. The molecular formula is C32H48BN3O6S. The average molecular weight is 614 g/mol. The average Bonchev–Trinajstić information content (AvgIpc) is 3.81. The third-order valence-corrected chi connectivity index (χ3v) is 10.4. The highest BCUT2D eigenvalue weighted by molar-refractivity contribution is 7.88. The number of nitrogens with zero attached hydrogens (tertiary/aromatic N) is 3. The normalized spacial score (nSPS) is 19.5. The van der Waals surface area contributed by atoms with Crippen molar-refractivity contribution in [1.82, 2.24) is 14.0 Å². The lowest BCUT2D eigenvalue weighted by Crippen LogP contribution is -2.55. The Balaban J connectivity index is 1.38. The van der Waals surface area contributed by atoms with Gasteiger partial charge in [-0.05, 0) is 75.8 Å². The summed E-state index contributed by atoms with van der Waals surface area (Å²) in [6.45, 7) is 6.45. The molecule has 43 heavy (non-hydrogen) atoms. The van der Waals surface area contributed by atoms with Crippen molar-refractivity contribution in [3.63, 3.8) is 0 Å². The number of hydrogen-bond donors (Lipinski definition) is 0. The highest BCUT2D eigenvalue weighted by Crippen LogP contribution is 2.33. The van der Waals surface area contributed by atoms with Crippen LogP contribution in [0.25, 0.3) is 0 Å². The number of carbonyl (C=O) groups excluding carboxylic acids is 1. The fourth-order valence-corrected chi connectivity index (χ4v) is 7.93. The molecule has 0 unspecified atom stereocenters. The second-order valence-electron chi connectivity index (χ2n) is 12.1. The Morgan fingerprint density at radius 1 is 1.00 bits per heavy atom. The smallest absolute Gasteiger partial charge is 0.254 e. The lowest BCUT2D eigenvalue weighted by atomic mass is 9.91. The predicted molar refractivity (Wildman–Crippen MR) is 172 cm³/mol. The van der Waals surface area contributed by atoms with Crippen LogP contribution in [0.4, 0.5) is 0 Å². The Bertz CT molecular complexity index is 1290. The summed E-state index contributed by atoms with van der Waals surface area (Å²) in [6.07, 6.45) is 5.18. The molecule has 11 heteroatoms. The fourth-order valence-electron chi connectivity index (χ4n) is 6.10. The van der Waals surface area contributed by atoms with Crippen LogP contribution in [0.3, 0.4) is 0 Å². The highest BCUT2D eigenvalue weighted by Gasteiger charge is 2.39.